The van der Waals surface area contributed by atoms with Crippen molar-refractivity contribution in [3.8, 4) is 0 Å². The molecule has 1 aromatic carbocycles. The molecule has 3 rings (SSSR count). The second kappa shape index (κ2) is 7.16. The van der Waals surface area contributed by atoms with Crippen LogP contribution >= 0.6 is 34.8 Å². The molecule has 0 unspecified atom stereocenters. The minimum absolute atomic E-state index is 0.221. The van der Waals surface area contributed by atoms with E-state index in [0.29, 0.717) is 13.1 Å². The van der Waals surface area contributed by atoms with Gasteiger partial charge < -0.3 is 9.47 Å². The Kier molecular flexibility index (Phi) is 5.20. The Morgan fingerprint density at radius 1 is 1.22 bits per heavy atom. The van der Waals surface area contributed by atoms with Crippen LogP contribution in [-0.4, -0.2) is 26.3 Å². The highest BCUT2D eigenvalue weighted by Crippen LogP contribution is 2.30. The van der Waals surface area contributed by atoms with Gasteiger partial charge in [0.05, 0.1) is 6.54 Å². The van der Waals surface area contributed by atoms with Crippen molar-refractivity contribution >= 4 is 40.7 Å². The lowest BCUT2D eigenvalue weighted by Gasteiger charge is -2.24. The number of hydrogen-bond acceptors (Lipinski definition) is 1. The summed E-state index contributed by atoms with van der Waals surface area (Å²) in [6.45, 7) is 1.18. The lowest BCUT2D eigenvalue weighted by molar-refractivity contribution is -0.130. The Bertz CT molecular complexity index is 695. The fourth-order valence-corrected chi connectivity index (χ4v) is 3.08. The van der Waals surface area contributed by atoms with Gasteiger partial charge in [0, 0.05) is 29.5 Å². The summed E-state index contributed by atoms with van der Waals surface area (Å²) in [4.78, 5) is 13.0. The fourth-order valence-electron chi connectivity index (χ4n) is 2.63. The van der Waals surface area contributed by atoms with E-state index in [4.69, 9.17) is 34.8 Å². The van der Waals surface area contributed by atoms with Crippen molar-refractivity contribution in [1.82, 2.24) is 9.47 Å². The Labute approximate surface area is 150 Å². The third-order valence-electron chi connectivity index (χ3n) is 4.01. The predicted octanol–water partition coefficient (Wildman–Crippen LogP) is 4.48. The summed E-state index contributed by atoms with van der Waals surface area (Å²) in [6, 6.07) is 12.0. The van der Waals surface area contributed by atoms with E-state index in [-0.39, 0.29) is 11.9 Å². The number of nitrogens with zero attached hydrogens (tertiary/aromatic N) is 2. The highest BCUT2D eigenvalue weighted by Gasteiger charge is 2.35. The second-order valence-corrected chi connectivity index (χ2v) is 7.22. The highest BCUT2D eigenvalue weighted by atomic mass is 35.5. The van der Waals surface area contributed by atoms with Crippen LogP contribution in [0.2, 0.25) is 5.02 Å². The molecule has 0 N–H and O–H groups in total. The van der Waals surface area contributed by atoms with Crippen LogP contribution in [0.4, 0.5) is 0 Å². The van der Waals surface area contributed by atoms with Gasteiger partial charge in [-0.25, -0.2) is 0 Å². The third kappa shape index (κ3) is 4.03. The zero-order valence-electron chi connectivity index (χ0n) is 12.5. The van der Waals surface area contributed by atoms with Crippen LogP contribution in [0.3, 0.4) is 0 Å². The van der Waals surface area contributed by atoms with Gasteiger partial charge in [-0.1, -0.05) is 53.0 Å². The van der Waals surface area contributed by atoms with Crippen molar-refractivity contribution in [3.05, 3.63) is 58.9 Å². The molecule has 23 heavy (non-hydrogen) atoms. The summed E-state index contributed by atoms with van der Waals surface area (Å²) in [6.07, 6.45) is 4.02. The standard InChI is InChI=1S/C17H17Cl3N2O/c18-15-6-2-1-4-12(15)10-21-9-3-5-14(21)11-22(13-7-8-13)17(23)16(19)20/h1-6,9,13,16H,7-8,10-11H2. The Hall–Kier alpha value is -1.16. The first kappa shape index (κ1) is 16.7. The smallest absolute Gasteiger partial charge is 0.256 e. The van der Waals surface area contributed by atoms with Gasteiger partial charge in [-0.15, -0.1) is 0 Å². The predicted molar refractivity (Wildman–Crippen MR) is 94.1 cm³/mol. The van der Waals surface area contributed by atoms with Gasteiger partial charge in [0.25, 0.3) is 5.91 Å². The molecule has 1 heterocycles. The quantitative estimate of drug-likeness (QED) is 0.687. The van der Waals surface area contributed by atoms with E-state index in [2.05, 4.69) is 4.57 Å². The molecule has 1 aliphatic rings. The maximum atomic E-state index is 12.2. The van der Waals surface area contributed by atoms with Gasteiger partial charge in [0.15, 0.2) is 4.84 Å². The molecular formula is C17H17Cl3N2O. The molecule has 6 heteroatoms. The van der Waals surface area contributed by atoms with E-state index in [1.807, 2.05) is 42.6 Å². The van der Waals surface area contributed by atoms with E-state index in [1.165, 1.54) is 0 Å². The normalized spacial score (nSPS) is 14.3. The first-order valence-electron chi connectivity index (χ1n) is 7.52. The number of hydrogen-bond donors (Lipinski definition) is 0. The van der Waals surface area contributed by atoms with Gasteiger partial charge in [0.2, 0.25) is 0 Å². The van der Waals surface area contributed by atoms with Crippen molar-refractivity contribution in [1.29, 1.82) is 0 Å². The molecule has 1 saturated carbocycles. The number of carbonyl (C=O) groups is 1. The minimum Gasteiger partial charge on any atom is -0.345 e. The highest BCUT2D eigenvalue weighted by molar-refractivity contribution is 6.53. The zero-order chi connectivity index (χ0) is 16.4. The Morgan fingerprint density at radius 3 is 2.61 bits per heavy atom. The molecule has 0 saturated heterocycles. The zero-order valence-corrected chi connectivity index (χ0v) is 14.7. The van der Waals surface area contributed by atoms with Gasteiger partial charge in [-0.05, 0) is 36.6 Å². The number of alkyl halides is 2. The molecule has 122 valence electrons. The van der Waals surface area contributed by atoms with Crippen LogP contribution in [0, 0.1) is 0 Å². The van der Waals surface area contributed by atoms with Gasteiger partial charge in [-0.2, -0.15) is 0 Å². The number of benzene rings is 1. The van der Waals surface area contributed by atoms with Crippen LogP contribution < -0.4 is 0 Å². The minimum atomic E-state index is -1.01. The van der Waals surface area contributed by atoms with E-state index < -0.39 is 4.84 Å². The maximum absolute atomic E-state index is 12.2. The number of halogens is 3. The average Bonchev–Trinajstić information content (AvgIpc) is 3.28. The molecule has 0 aliphatic heterocycles. The molecule has 1 fully saturated rings. The van der Waals surface area contributed by atoms with Crippen LogP contribution in [0.1, 0.15) is 24.1 Å². The van der Waals surface area contributed by atoms with Crippen molar-refractivity contribution in [2.75, 3.05) is 0 Å². The van der Waals surface area contributed by atoms with Crippen molar-refractivity contribution in [2.24, 2.45) is 0 Å². The average molecular weight is 372 g/mol. The fraction of sp³-hybridized carbons (Fsp3) is 0.353. The maximum Gasteiger partial charge on any atom is 0.256 e. The molecule has 0 radical (unpaired) electrons. The monoisotopic (exact) mass is 370 g/mol. The number of carbonyl (C=O) groups excluding carboxylic acids is 1. The first-order chi connectivity index (χ1) is 11.1. The third-order valence-corrected chi connectivity index (χ3v) is 4.75. The Balaban J connectivity index is 1.78. The van der Waals surface area contributed by atoms with Crippen molar-refractivity contribution in [2.45, 2.75) is 36.8 Å². The molecule has 3 nitrogen and oxygen atoms in total. The number of amides is 1. The molecule has 0 spiro atoms. The van der Waals surface area contributed by atoms with Gasteiger partial charge in [0.1, 0.15) is 0 Å². The number of aromatic nitrogens is 1. The molecule has 1 amide bonds. The van der Waals surface area contributed by atoms with E-state index in [9.17, 15) is 4.79 Å². The van der Waals surface area contributed by atoms with E-state index in [0.717, 1.165) is 29.1 Å². The van der Waals surface area contributed by atoms with Gasteiger partial charge in [-0.3, -0.25) is 4.79 Å². The summed E-state index contributed by atoms with van der Waals surface area (Å²) in [5, 5.41) is 0.740. The van der Waals surface area contributed by atoms with Crippen LogP contribution in [0.15, 0.2) is 42.6 Å². The van der Waals surface area contributed by atoms with Crippen molar-refractivity contribution in [3.63, 3.8) is 0 Å². The lowest BCUT2D eigenvalue weighted by Crippen LogP contribution is -2.36. The molecule has 0 bridgehead atoms. The molecule has 0 atom stereocenters. The van der Waals surface area contributed by atoms with E-state index in [1.54, 1.807) is 4.90 Å². The summed E-state index contributed by atoms with van der Waals surface area (Å²) < 4.78 is 2.10. The lowest BCUT2D eigenvalue weighted by atomic mass is 10.2. The molecule has 2 aromatic rings. The Morgan fingerprint density at radius 2 is 1.96 bits per heavy atom. The topological polar surface area (TPSA) is 25.2 Å². The second-order valence-electron chi connectivity index (χ2n) is 5.72. The summed E-state index contributed by atoms with van der Waals surface area (Å²) in [5.41, 5.74) is 2.09. The molecular weight excluding hydrogens is 355 g/mol. The number of rotatable bonds is 6. The van der Waals surface area contributed by atoms with Crippen LogP contribution in [-0.2, 0) is 17.9 Å². The first-order valence-corrected chi connectivity index (χ1v) is 8.77. The SMILES string of the molecule is O=C(C(Cl)Cl)N(Cc1cccn1Cc1ccccc1Cl)C1CC1. The largest absolute Gasteiger partial charge is 0.345 e. The summed E-state index contributed by atoms with van der Waals surface area (Å²) in [7, 11) is 0. The van der Waals surface area contributed by atoms with Crippen molar-refractivity contribution < 1.29 is 4.79 Å². The summed E-state index contributed by atoms with van der Waals surface area (Å²) >= 11 is 17.8. The van der Waals surface area contributed by atoms with Gasteiger partial charge >= 0.3 is 0 Å². The molecule has 1 aromatic heterocycles. The van der Waals surface area contributed by atoms with E-state index >= 15 is 0 Å². The van der Waals surface area contributed by atoms with Crippen LogP contribution in [0.25, 0.3) is 0 Å². The molecule has 1 aliphatic carbocycles. The van der Waals surface area contributed by atoms with Crippen LogP contribution in [0.5, 0.6) is 0 Å². The summed E-state index contributed by atoms with van der Waals surface area (Å²) in [5.74, 6) is -0.221.